The van der Waals surface area contributed by atoms with E-state index in [1.54, 1.807) is 12.1 Å². The molecule has 1 aromatic carbocycles. The number of aliphatic hydroxyl groups is 1. The van der Waals surface area contributed by atoms with E-state index in [-0.39, 0.29) is 12.5 Å². The zero-order chi connectivity index (χ0) is 12.7. The first-order chi connectivity index (χ1) is 8.17. The molecule has 0 heterocycles. The van der Waals surface area contributed by atoms with Gasteiger partial charge in [0.25, 0.3) is 0 Å². The normalized spacial score (nSPS) is 10.3. The minimum atomic E-state index is -0.0700. The van der Waals surface area contributed by atoms with Gasteiger partial charge < -0.3 is 10.4 Å². The Kier molecular flexibility index (Phi) is 6.40. The molecule has 1 rings (SSSR count). The van der Waals surface area contributed by atoms with Crippen LogP contribution in [0.15, 0.2) is 23.1 Å². The van der Waals surface area contributed by atoms with Gasteiger partial charge in [0, 0.05) is 16.5 Å². The Bertz CT molecular complexity index is 385. The number of carbonyl (C=O) groups excluding carboxylic acids is 1. The van der Waals surface area contributed by atoms with E-state index in [2.05, 4.69) is 5.32 Å². The molecule has 0 radical (unpaired) electrons. The van der Waals surface area contributed by atoms with Crippen LogP contribution >= 0.6 is 23.4 Å². The SMILES string of the molecule is CCCNC(=O)CSc1ccc(Cl)cc1CO. The van der Waals surface area contributed by atoms with Crippen LogP contribution < -0.4 is 5.32 Å². The Morgan fingerprint density at radius 1 is 1.53 bits per heavy atom. The topological polar surface area (TPSA) is 49.3 Å². The molecule has 94 valence electrons. The highest BCUT2D eigenvalue weighted by molar-refractivity contribution is 8.00. The highest BCUT2D eigenvalue weighted by Gasteiger charge is 2.06. The van der Waals surface area contributed by atoms with Crippen LogP contribution in [-0.4, -0.2) is 23.3 Å². The van der Waals surface area contributed by atoms with Crippen LogP contribution in [0.1, 0.15) is 18.9 Å². The molecule has 0 aromatic heterocycles. The van der Waals surface area contributed by atoms with Crippen molar-refractivity contribution >= 4 is 29.3 Å². The smallest absolute Gasteiger partial charge is 0.230 e. The first kappa shape index (κ1) is 14.4. The second kappa shape index (κ2) is 7.58. The Balaban J connectivity index is 2.54. The number of hydrogen-bond donors (Lipinski definition) is 2. The summed E-state index contributed by atoms with van der Waals surface area (Å²) in [6, 6.07) is 5.30. The van der Waals surface area contributed by atoms with Gasteiger partial charge in [-0.15, -0.1) is 11.8 Å². The third-order valence-corrected chi connectivity index (χ3v) is 3.47. The highest BCUT2D eigenvalue weighted by Crippen LogP contribution is 2.25. The average Bonchev–Trinajstić information content (AvgIpc) is 2.34. The Morgan fingerprint density at radius 2 is 2.29 bits per heavy atom. The molecule has 0 saturated carbocycles. The van der Waals surface area contributed by atoms with E-state index >= 15 is 0 Å². The third kappa shape index (κ3) is 4.98. The van der Waals surface area contributed by atoms with Gasteiger partial charge in [0.1, 0.15) is 0 Å². The fraction of sp³-hybridized carbons (Fsp3) is 0.417. The number of rotatable bonds is 6. The summed E-state index contributed by atoms with van der Waals surface area (Å²) in [4.78, 5) is 12.3. The maximum absolute atomic E-state index is 11.4. The van der Waals surface area contributed by atoms with Crippen molar-refractivity contribution < 1.29 is 9.90 Å². The number of nitrogens with one attached hydrogen (secondary N) is 1. The van der Waals surface area contributed by atoms with Gasteiger partial charge in [-0.3, -0.25) is 4.79 Å². The molecule has 3 nitrogen and oxygen atoms in total. The summed E-state index contributed by atoms with van der Waals surface area (Å²) in [6.07, 6.45) is 0.930. The summed E-state index contributed by atoms with van der Waals surface area (Å²) in [5.41, 5.74) is 0.755. The molecule has 2 N–H and O–H groups in total. The van der Waals surface area contributed by atoms with Crippen LogP contribution in [0.4, 0.5) is 0 Å². The Morgan fingerprint density at radius 3 is 2.94 bits per heavy atom. The van der Waals surface area contributed by atoms with Crippen LogP contribution in [0.2, 0.25) is 5.02 Å². The summed E-state index contributed by atoms with van der Waals surface area (Å²) in [5.74, 6) is 0.366. The molecule has 1 aromatic rings. The predicted octanol–water partition coefficient (Wildman–Crippen LogP) is 2.45. The molecule has 0 aliphatic rings. The lowest BCUT2D eigenvalue weighted by Gasteiger charge is -2.07. The zero-order valence-electron chi connectivity index (χ0n) is 9.70. The van der Waals surface area contributed by atoms with Gasteiger partial charge >= 0.3 is 0 Å². The third-order valence-electron chi connectivity index (χ3n) is 2.12. The lowest BCUT2D eigenvalue weighted by Crippen LogP contribution is -2.25. The number of aliphatic hydroxyl groups excluding tert-OH is 1. The largest absolute Gasteiger partial charge is 0.392 e. The summed E-state index contributed by atoms with van der Waals surface area (Å²) >= 11 is 7.24. The first-order valence-corrected chi connectivity index (χ1v) is 6.82. The first-order valence-electron chi connectivity index (χ1n) is 5.46. The molecule has 0 atom stereocenters. The van der Waals surface area contributed by atoms with Crippen LogP contribution in [0, 0.1) is 0 Å². The van der Waals surface area contributed by atoms with Crippen molar-refractivity contribution in [2.24, 2.45) is 0 Å². The molecule has 0 bridgehead atoms. The van der Waals surface area contributed by atoms with E-state index in [1.165, 1.54) is 11.8 Å². The minimum absolute atomic E-state index is 0.00990. The second-order valence-electron chi connectivity index (χ2n) is 3.55. The van der Waals surface area contributed by atoms with Gasteiger partial charge in [0.2, 0.25) is 5.91 Å². The van der Waals surface area contributed by atoms with E-state index in [4.69, 9.17) is 11.6 Å². The Labute approximate surface area is 111 Å². The molecule has 17 heavy (non-hydrogen) atoms. The summed E-state index contributed by atoms with van der Waals surface area (Å²) in [6.45, 7) is 2.64. The van der Waals surface area contributed by atoms with Crippen molar-refractivity contribution in [3.63, 3.8) is 0 Å². The highest BCUT2D eigenvalue weighted by atomic mass is 35.5. The number of thioether (sulfide) groups is 1. The molecule has 1 amide bonds. The molecule has 5 heteroatoms. The van der Waals surface area contributed by atoms with Gasteiger partial charge in [0.05, 0.1) is 12.4 Å². The Hall–Kier alpha value is -0.710. The van der Waals surface area contributed by atoms with Gasteiger partial charge in [-0.25, -0.2) is 0 Å². The lowest BCUT2D eigenvalue weighted by atomic mass is 10.2. The van der Waals surface area contributed by atoms with Gasteiger partial charge in [0.15, 0.2) is 0 Å². The maximum Gasteiger partial charge on any atom is 0.230 e. The van der Waals surface area contributed by atoms with Gasteiger partial charge in [-0.1, -0.05) is 18.5 Å². The molecule has 0 spiro atoms. The van der Waals surface area contributed by atoms with E-state index < -0.39 is 0 Å². The van der Waals surface area contributed by atoms with Crippen molar-refractivity contribution in [2.45, 2.75) is 24.8 Å². The van der Waals surface area contributed by atoms with Crippen LogP contribution in [0.3, 0.4) is 0 Å². The number of halogens is 1. The fourth-order valence-electron chi connectivity index (χ4n) is 1.27. The standard InChI is InChI=1S/C12H16ClNO2S/c1-2-5-14-12(16)8-17-11-4-3-10(13)6-9(11)7-15/h3-4,6,15H,2,5,7-8H2,1H3,(H,14,16). The summed E-state index contributed by atoms with van der Waals surface area (Å²) in [7, 11) is 0. The van der Waals surface area contributed by atoms with Crippen molar-refractivity contribution in [1.29, 1.82) is 0 Å². The monoisotopic (exact) mass is 273 g/mol. The van der Waals surface area contributed by atoms with E-state index in [9.17, 15) is 9.90 Å². The molecule has 0 aliphatic heterocycles. The zero-order valence-corrected chi connectivity index (χ0v) is 11.3. The van der Waals surface area contributed by atoms with E-state index in [0.717, 1.165) is 16.9 Å². The van der Waals surface area contributed by atoms with Crippen LogP contribution in [-0.2, 0) is 11.4 Å². The van der Waals surface area contributed by atoms with Crippen LogP contribution in [0.25, 0.3) is 0 Å². The van der Waals surface area contributed by atoms with E-state index in [1.807, 2.05) is 13.0 Å². The van der Waals surface area contributed by atoms with E-state index in [0.29, 0.717) is 17.3 Å². The number of amides is 1. The molecule has 0 aliphatic carbocycles. The van der Waals surface area contributed by atoms with Crippen molar-refractivity contribution in [1.82, 2.24) is 5.32 Å². The molecule has 0 unspecified atom stereocenters. The summed E-state index contributed by atoms with van der Waals surface area (Å²) < 4.78 is 0. The van der Waals surface area contributed by atoms with Gasteiger partial charge in [-0.05, 0) is 30.2 Å². The van der Waals surface area contributed by atoms with Crippen LogP contribution in [0.5, 0.6) is 0 Å². The molecule has 0 fully saturated rings. The molecular weight excluding hydrogens is 258 g/mol. The quantitative estimate of drug-likeness (QED) is 0.783. The van der Waals surface area contributed by atoms with Crippen molar-refractivity contribution in [3.8, 4) is 0 Å². The number of carbonyl (C=O) groups is 1. The van der Waals surface area contributed by atoms with Gasteiger partial charge in [-0.2, -0.15) is 0 Å². The molecular formula is C12H16ClNO2S. The summed E-state index contributed by atoms with van der Waals surface area (Å²) in [5, 5.41) is 12.6. The second-order valence-corrected chi connectivity index (χ2v) is 5.00. The van der Waals surface area contributed by atoms with Crippen molar-refractivity contribution in [3.05, 3.63) is 28.8 Å². The predicted molar refractivity (Wildman–Crippen MR) is 71.4 cm³/mol. The number of hydrogen-bond acceptors (Lipinski definition) is 3. The molecule has 0 saturated heterocycles. The van der Waals surface area contributed by atoms with Crippen molar-refractivity contribution in [2.75, 3.05) is 12.3 Å². The lowest BCUT2D eigenvalue weighted by molar-refractivity contribution is -0.118. The number of benzene rings is 1. The maximum atomic E-state index is 11.4. The minimum Gasteiger partial charge on any atom is -0.392 e. The fourth-order valence-corrected chi connectivity index (χ4v) is 2.33. The average molecular weight is 274 g/mol.